The van der Waals surface area contributed by atoms with Gasteiger partial charge in [-0.3, -0.25) is 19.2 Å². The Bertz CT molecular complexity index is 1110. The van der Waals surface area contributed by atoms with E-state index in [2.05, 4.69) is 10.6 Å². The predicted molar refractivity (Wildman–Crippen MR) is 130 cm³/mol. The summed E-state index contributed by atoms with van der Waals surface area (Å²) in [4.78, 5) is 50.4. The van der Waals surface area contributed by atoms with Gasteiger partial charge >= 0.3 is 5.97 Å². The van der Waals surface area contributed by atoms with Crippen LogP contribution in [0.15, 0.2) is 54.6 Å². The predicted octanol–water partition coefficient (Wildman–Crippen LogP) is 3.73. The lowest BCUT2D eigenvalue weighted by Crippen LogP contribution is -2.54. The number of rotatable bonds is 8. The molecule has 4 aliphatic rings. The van der Waals surface area contributed by atoms with Gasteiger partial charge in [0.05, 0.1) is 5.69 Å². The zero-order valence-electron chi connectivity index (χ0n) is 19.6. The Morgan fingerprint density at radius 1 is 0.829 bits per heavy atom. The average Bonchev–Trinajstić information content (AvgIpc) is 2.85. The number of carbonyl (C=O) groups excluding carboxylic acids is 4. The van der Waals surface area contributed by atoms with Gasteiger partial charge in [0, 0.05) is 16.5 Å². The highest BCUT2D eigenvalue weighted by Crippen LogP contribution is 2.60. The highest BCUT2D eigenvalue weighted by molar-refractivity contribution is 6.13. The number of anilines is 1. The average molecular weight is 475 g/mol. The summed E-state index contributed by atoms with van der Waals surface area (Å²) >= 11 is 0. The molecule has 0 aliphatic heterocycles. The molecule has 7 nitrogen and oxygen atoms in total. The third-order valence-electron chi connectivity index (χ3n) is 7.76. The van der Waals surface area contributed by atoms with Gasteiger partial charge in [0.15, 0.2) is 12.4 Å². The Morgan fingerprint density at radius 2 is 1.43 bits per heavy atom. The Balaban J connectivity index is 1.11. The Hall–Kier alpha value is -3.48. The normalized spacial score (nSPS) is 26.1. The third-order valence-corrected chi connectivity index (χ3v) is 7.76. The first-order valence-electron chi connectivity index (χ1n) is 12.3. The van der Waals surface area contributed by atoms with Gasteiger partial charge in [-0.2, -0.15) is 0 Å². The van der Waals surface area contributed by atoms with Gasteiger partial charge in [0.2, 0.25) is 5.91 Å². The van der Waals surface area contributed by atoms with Gasteiger partial charge in [-0.25, -0.2) is 0 Å². The van der Waals surface area contributed by atoms with Crippen molar-refractivity contribution in [2.24, 2.45) is 23.2 Å². The maximum absolute atomic E-state index is 13.0. The number of hydrogen-bond acceptors (Lipinski definition) is 5. The molecular formula is C28H30N2O5. The second-order valence-corrected chi connectivity index (χ2v) is 10.3. The van der Waals surface area contributed by atoms with E-state index in [1.807, 2.05) is 6.07 Å². The molecule has 0 radical (unpaired) electrons. The molecule has 2 N–H and O–H groups in total. The summed E-state index contributed by atoms with van der Waals surface area (Å²) in [5.41, 5.74) is 0.871. The Morgan fingerprint density at radius 3 is 2.09 bits per heavy atom. The van der Waals surface area contributed by atoms with Crippen LogP contribution in [0.25, 0.3) is 0 Å². The second kappa shape index (κ2) is 9.64. The van der Waals surface area contributed by atoms with E-state index in [4.69, 9.17) is 4.74 Å². The molecular weight excluding hydrogens is 444 g/mol. The summed E-state index contributed by atoms with van der Waals surface area (Å²) in [5, 5.41) is 5.41. The fraction of sp³-hybridized carbons (Fsp3) is 0.429. The van der Waals surface area contributed by atoms with Crippen molar-refractivity contribution >= 4 is 29.3 Å². The number of carbonyl (C=O) groups is 4. The molecule has 2 aromatic carbocycles. The fourth-order valence-electron chi connectivity index (χ4n) is 6.65. The van der Waals surface area contributed by atoms with E-state index in [1.165, 1.54) is 19.3 Å². The van der Waals surface area contributed by atoms with Gasteiger partial charge in [-0.05, 0) is 68.4 Å². The van der Waals surface area contributed by atoms with Gasteiger partial charge in [-0.1, -0.05) is 42.5 Å². The molecule has 0 heterocycles. The molecule has 2 aromatic rings. The lowest BCUT2D eigenvalue weighted by molar-refractivity contribution is -0.152. The molecule has 0 aromatic heterocycles. The monoisotopic (exact) mass is 474 g/mol. The van der Waals surface area contributed by atoms with Crippen LogP contribution in [0, 0.1) is 23.2 Å². The third kappa shape index (κ3) is 4.99. The van der Waals surface area contributed by atoms with Crippen molar-refractivity contribution in [2.45, 2.75) is 38.5 Å². The Kier molecular flexibility index (Phi) is 6.41. The van der Waals surface area contributed by atoms with Crippen LogP contribution in [0.2, 0.25) is 0 Å². The lowest BCUT2D eigenvalue weighted by atomic mass is 9.49. The van der Waals surface area contributed by atoms with Gasteiger partial charge in [-0.15, -0.1) is 0 Å². The van der Waals surface area contributed by atoms with Crippen molar-refractivity contribution in [3.63, 3.8) is 0 Å². The molecule has 182 valence electrons. The molecule has 4 aliphatic carbocycles. The maximum atomic E-state index is 13.0. The smallest absolute Gasteiger partial charge is 0.325 e. The van der Waals surface area contributed by atoms with Gasteiger partial charge < -0.3 is 15.4 Å². The van der Waals surface area contributed by atoms with Crippen LogP contribution in [0.3, 0.4) is 0 Å². The van der Waals surface area contributed by atoms with Crippen LogP contribution in [-0.2, 0) is 19.1 Å². The number of hydrogen-bond donors (Lipinski definition) is 2. The van der Waals surface area contributed by atoms with Crippen molar-refractivity contribution in [1.29, 1.82) is 0 Å². The van der Waals surface area contributed by atoms with E-state index >= 15 is 0 Å². The maximum Gasteiger partial charge on any atom is 0.325 e. The van der Waals surface area contributed by atoms with Gasteiger partial charge in [0.25, 0.3) is 5.91 Å². The Labute approximate surface area is 204 Å². The SMILES string of the molecule is O=C(COC(=O)CNC(=O)C12CC3CC(CC(C3)C1)C2)Nc1ccccc1C(=O)c1ccccc1. The zero-order valence-corrected chi connectivity index (χ0v) is 19.6. The summed E-state index contributed by atoms with van der Waals surface area (Å²) in [6, 6.07) is 15.5. The highest BCUT2D eigenvalue weighted by Gasteiger charge is 2.54. The van der Waals surface area contributed by atoms with E-state index in [0.717, 1.165) is 19.3 Å². The van der Waals surface area contributed by atoms with Gasteiger partial charge in [0.1, 0.15) is 6.54 Å². The minimum absolute atomic E-state index is 0.0497. The first kappa shape index (κ1) is 23.3. The summed E-state index contributed by atoms with van der Waals surface area (Å²) in [6.07, 6.45) is 6.48. The lowest BCUT2D eigenvalue weighted by Gasteiger charge is -2.55. The van der Waals surface area contributed by atoms with Crippen molar-refractivity contribution in [3.05, 3.63) is 65.7 Å². The molecule has 0 atom stereocenters. The van der Waals surface area contributed by atoms with E-state index in [0.29, 0.717) is 34.6 Å². The largest absolute Gasteiger partial charge is 0.454 e. The fourth-order valence-corrected chi connectivity index (χ4v) is 6.65. The number of esters is 1. The molecule has 7 heteroatoms. The van der Waals surface area contributed by atoms with Crippen LogP contribution in [-0.4, -0.2) is 36.7 Å². The summed E-state index contributed by atoms with van der Waals surface area (Å²) in [6.45, 7) is -0.753. The zero-order chi connectivity index (χ0) is 24.4. The molecule has 4 fully saturated rings. The minimum atomic E-state index is -0.660. The number of ether oxygens (including phenoxy) is 1. The summed E-state index contributed by atoms with van der Waals surface area (Å²) in [7, 11) is 0. The highest BCUT2D eigenvalue weighted by atomic mass is 16.5. The van der Waals surface area contributed by atoms with E-state index in [-0.39, 0.29) is 23.7 Å². The van der Waals surface area contributed by atoms with Crippen molar-refractivity contribution in [3.8, 4) is 0 Å². The molecule has 0 saturated heterocycles. The number of ketones is 1. The molecule has 2 amide bonds. The summed E-state index contributed by atoms with van der Waals surface area (Å²) < 4.78 is 5.08. The van der Waals surface area contributed by atoms with Crippen LogP contribution in [0.1, 0.15) is 54.4 Å². The molecule has 4 saturated carbocycles. The molecule has 0 unspecified atom stereocenters. The molecule has 35 heavy (non-hydrogen) atoms. The molecule has 0 spiro atoms. The van der Waals surface area contributed by atoms with Crippen molar-refractivity contribution in [1.82, 2.24) is 5.32 Å². The topological polar surface area (TPSA) is 102 Å². The number of para-hydroxylation sites is 1. The van der Waals surface area contributed by atoms with Crippen LogP contribution in [0.5, 0.6) is 0 Å². The molecule has 4 bridgehead atoms. The summed E-state index contributed by atoms with van der Waals surface area (Å²) in [5.74, 6) is 0.432. The quantitative estimate of drug-likeness (QED) is 0.448. The first-order valence-corrected chi connectivity index (χ1v) is 12.3. The molecule has 6 rings (SSSR count). The van der Waals surface area contributed by atoms with Crippen molar-refractivity contribution in [2.75, 3.05) is 18.5 Å². The standard InChI is InChI=1S/C28H30N2O5/c31-24(30-23-9-5-4-8-22(23)26(33)21-6-2-1-3-7-21)17-35-25(32)16-29-27(34)28-13-18-10-19(14-28)12-20(11-18)15-28/h1-9,18-20H,10-17H2,(H,29,34)(H,30,31). The number of benzene rings is 2. The first-order chi connectivity index (χ1) is 16.9. The van der Waals surface area contributed by atoms with Crippen LogP contribution < -0.4 is 10.6 Å². The van der Waals surface area contributed by atoms with E-state index in [1.54, 1.807) is 48.5 Å². The minimum Gasteiger partial charge on any atom is -0.454 e. The number of nitrogens with one attached hydrogen (secondary N) is 2. The van der Waals surface area contributed by atoms with E-state index < -0.39 is 18.5 Å². The van der Waals surface area contributed by atoms with E-state index in [9.17, 15) is 19.2 Å². The van der Waals surface area contributed by atoms with Crippen LogP contribution in [0.4, 0.5) is 5.69 Å². The van der Waals surface area contributed by atoms with Crippen LogP contribution >= 0.6 is 0 Å². The second-order valence-electron chi connectivity index (χ2n) is 10.3. The number of amides is 2. The van der Waals surface area contributed by atoms with Crippen molar-refractivity contribution < 1.29 is 23.9 Å².